The molecule has 0 fully saturated rings. The van der Waals surface area contributed by atoms with E-state index in [1.165, 1.54) is 0 Å². The van der Waals surface area contributed by atoms with Gasteiger partial charge in [-0.3, -0.25) is 9.59 Å². The molecule has 20 heavy (non-hydrogen) atoms. The average molecular weight is 312 g/mol. The molecule has 8 heteroatoms. The molecule has 0 aromatic heterocycles. The first-order valence-corrected chi connectivity index (χ1v) is 6.39. The topological polar surface area (TPSA) is 133 Å². The Morgan fingerprint density at radius 3 is 2.20 bits per heavy atom. The van der Waals surface area contributed by atoms with Crippen LogP contribution in [0.1, 0.15) is 44.9 Å². The van der Waals surface area contributed by atoms with E-state index in [9.17, 15) is 19.5 Å². The molecule has 0 aromatic rings. The first-order valence-electron chi connectivity index (χ1n) is 6.39. The summed E-state index contributed by atoms with van der Waals surface area (Å²) in [5.41, 5.74) is 5.30. The van der Waals surface area contributed by atoms with E-state index in [4.69, 9.17) is 10.8 Å². The van der Waals surface area contributed by atoms with Gasteiger partial charge in [0.2, 0.25) is 5.91 Å². The normalized spacial score (nSPS) is 11.2. The van der Waals surface area contributed by atoms with Gasteiger partial charge in [-0.1, -0.05) is 0 Å². The maximum Gasteiger partial charge on any atom is 1.00 e. The van der Waals surface area contributed by atoms with Crippen molar-refractivity contribution in [1.29, 1.82) is 0 Å². The van der Waals surface area contributed by atoms with E-state index >= 15 is 0 Å². The molecular formula is C12H21KN2O5. The number of hydrogen-bond donors (Lipinski definition) is 3. The summed E-state index contributed by atoms with van der Waals surface area (Å²) in [5.74, 6) is -2.61. The monoisotopic (exact) mass is 312 g/mol. The van der Waals surface area contributed by atoms with Crippen LogP contribution in [0.4, 0.5) is 0 Å². The van der Waals surface area contributed by atoms with Crippen molar-refractivity contribution in [1.82, 2.24) is 5.32 Å². The van der Waals surface area contributed by atoms with E-state index in [2.05, 4.69) is 5.32 Å². The standard InChI is InChI=1S/C12H22N2O5.K/c13-8-4-3-5-9(12(18)19)14-10(15)6-1-2-7-11(16)17;/h9H,1-8,13H2,(H,14,15)(H,16,17)(H,18,19);/q;+1/p-1/t9-;/m0./s1. The van der Waals surface area contributed by atoms with Crippen LogP contribution in [0, 0.1) is 0 Å². The van der Waals surface area contributed by atoms with E-state index < -0.39 is 23.9 Å². The van der Waals surface area contributed by atoms with Crippen LogP contribution in [0.3, 0.4) is 0 Å². The number of carbonyl (C=O) groups excluding carboxylic acids is 2. The number of nitrogens with one attached hydrogen (secondary N) is 1. The van der Waals surface area contributed by atoms with E-state index in [1.807, 2.05) is 0 Å². The fourth-order valence-electron chi connectivity index (χ4n) is 1.57. The summed E-state index contributed by atoms with van der Waals surface area (Å²) >= 11 is 0. The van der Waals surface area contributed by atoms with Gasteiger partial charge in [-0.25, -0.2) is 0 Å². The summed E-state index contributed by atoms with van der Waals surface area (Å²) in [6.45, 7) is 0.475. The second-order valence-electron chi connectivity index (χ2n) is 4.32. The molecule has 0 saturated carbocycles. The van der Waals surface area contributed by atoms with Crippen molar-refractivity contribution in [2.45, 2.75) is 51.0 Å². The van der Waals surface area contributed by atoms with Gasteiger partial charge in [0.05, 0.1) is 12.0 Å². The molecular weight excluding hydrogens is 291 g/mol. The van der Waals surface area contributed by atoms with Crippen LogP contribution >= 0.6 is 0 Å². The second kappa shape index (κ2) is 14.0. The van der Waals surface area contributed by atoms with Crippen LogP contribution in [-0.4, -0.2) is 35.5 Å². The molecule has 0 aromatic carbocycles. The zero-order valence-electron chi connectivity index (χ0n) is 11.9. The predicted molar refractivity (Wildman–Crippen MR) is 65.9 cm³/mol. The van der Waals surface area contributed by atoms with Crippen molar-refractivity contribution in [3.63, 3.8) is 0 Å². The molecule has 0 rings (SSSR count). The van der Waals surface area contributed by atoms with Gasteiger partial charge < -0.3 is 26.1 Å². The smallest absolute Gasteiger partial charge is 0.548 e. The molecule has 1 atom stereocenters. The Labute approximate surface area is 161 Å². The minimum atomic E-state index is -1.31. The Balaban J connectivity index is 0. The number of nitrogens with two attached hydrogens (primary N) is 1. The van der Waals surface area contributed by atoms with Crippen molar-refractivity contribution >= 4 is 17.8 Å². The summed E-state index contributed by atoms with van der Waals surface area (Å²) in [6.07, 6.45) is 2.53. The zero-order chi connectivity index (χ0) is 14.7. The molecule has 0 heterocycles. The number of aliphatic carboxylic acids is 2. The molecule has 0 saturated heterocycles. The summed E-state index contributed by atoms with van der Waals surface area (Å²) in [6, 6.07) is -1.00. The van der Waals surface area contributed by atoms with Gasteiger partial charge in [0.1, 0.15) is 0 Å². The fourth-order valence-corrected chi connectivity index (χ4v) is 1.57. The van der Waals surface area contributed by atoms with Gasteiger partial charge in [-0.15, -0.1) is 0 Å². The summed E-state index contributed by atoms with van der Waals surface area (Å²) in [5, 5.41) is 21.6. The van der Waals surface area contributed by atoms with Gasteiger partial charge in [-0.05, 0) is 38.6 Å². The van der Waals surface area contributed by atoms with Crippen molar-refractivity contribution in [2.24, 2.45) is 5.73 Å². The third-order valence-corrected chi connectivity index (χ3v) is 2.61. The van der Waals surface area contributed by atoms with Crippen LogP contribution in [0.2, 0.25) is 0 Å². The first-order chi connectivity index (χ1) is 8.97. The number of carboxylic acid groups (broad SMARTS) is 2. The number of carbonyl (C=O) groups is 3. The predicted octanol–water partition coefficient (Wildman–Crippen LogP) is -4.00. The molecule has 7 nitrogen and oxygen atoms in total. The van der Waals surface area contributed by atoms with E-state index in [0.717, 1.165) is 0 Å². The van der Waals surface area contributed by atoms with E-state index in [0.29, 0.717) is 38.6 Å². The van der Waals surface area contributed by atoms with Gasteiger partial charge in [-0.2, -0.15) is 0 Å². The molecule has 110 valence electrons. The molecule has 1 amide bonds. The number of amides is 1. The van der Waals surface area contributed by atoms with Crippen molar-refractivity contribution in [2.75, 3.05) is 6.54 Å². The third-order valence-electron chi connectivity index (χ3n) is 2.61. The molecule has 0 radical (unpaired) electrons. The zero-order valence-corrected chi connectivity index (χ0v) is 15.0. The van der Waals surface area contributed by atoms with Crippen molar-refractivity contribution in [3.05, 3.63) is 0 Å². The van der Waals surface area contributed by atoms with Gasteiger partial charge >= 0.3 is 57.4 Å². The molecule has 0 aliphatic heterocycles. The Morgan fingerprint density at radius 2 is 1.70 bits per heavy atom. The number of hydrogen-bond acceptors (Lipinski definition) is 5. The minimum absolute atomic E-state index is 0. The maximum atomic E-state index is 11.5. The van der Waals surface area contributed by atoms with Crippen molar-refractivity contribution in [3.8, 4) is 0 Å². The number of rotatable bonds is 11. The molecule has 0 aliphatic rings. The van der Waals surface area contributed by atoms with Crippen LogP contribution < -0.4 is 67.5 Å². The van der Waals surface area contributed by atoms with Gasteiger partial charge in [0.15, 0.2) is 0 Å². The van der Waals surface area contributed by atoms with Crippen LogP contribution in [-0.2, 0) is 14.4 Å². The maximum absolute atomic E-state index is 11.5. The van der Waals surface area contributed by atoms with Crippen LogP contribution in [0.5, 0.6) is 0 Å². The summed E-state index contributed by atoms with van der Waals surface area (Å²) < 4.78 is 0. The molecule has 4 N–H and O–H groups in total. The average Bonchev–Trinajstić information content (AvgIpc) is 2.33. The Kier molecular flexibility index (Phi) is 15.6. The Morgan fingerprint density at radius 1 is 1.10 bits per heavy atom. The SMILES string of the molecule is NCCCC[C@H](NC(=O)CCCCC(=O)O)C(=O)[O-].[K+]. The molecule has 0 unspecified atom stereocenters. The van der Waals surface area contributed by atoms with E-state index in [1.54, 1.807) is 0 Å². The van der Waals surface area contributed by atoms with E-state index in [-0.39, 0.29) is 64.2 Å². The second-order valence-corrected chi connectivity index (χ2v) is 4.32. The summed E-state index contributed by atoms with van der Waals surface area (Å²) in [7, 11) is 0. The van der Waals surface area contributed by atoms with Crippen molar-refractivity contribution < 1.29 is 76.0 Å². The van der Waals surface area contributed by atoms with Gasteiger partial charge in [0, 0.05) is 12.8 Å². The fraction of sp³-hybridized carbons (Fsp3) is 0.750. The quantitative estimate of drug-likeness (QED) is 0.263. The third kappa shape index (κ3) is 13.0. The molecule has 0 spiro atoms. The number of unbranched alkanes of at least 4 members (excludes halogenated alkanes) is 2. The Hall–Kier alpha value is 0.00636. The largest absolute Gasteiger partial charge is 1.00 e. The first kappa shape index (κ1) is 22.3. The van der Waals surface area contributed by atoms with Gasteiger partial charge in [0.25, 0.3) is 0 Å². The number of carboxylic acids is 2. The summed E-state index contributed by atoms with van der Waals surface area (Å²) in [4.78, 5) is 32.5. The van der Waals surface area contributed by atoms with Crippen LogP contribution in [0.25, 0.3) is 0 Å². The minimum Gasteiger partial charge on any atom is -0.548 e. The Bertz CT molecular complexity index is 312. The molecule has 0 bridgehead atoms. The van der Waals surface area contributed by atoms with Crippen LogP contribution in [0.15, 0.2) is 0 Å². The molecule has 0 aliphatic carbocycles.